The molecule has 0 fully saturated rings. The summed E-state index contributed by atoms with van der Waals surface area (Å²) < 4.78 is 8.49. The highest BCUT2D eigenvalue weighted by Crippen LogP contribution is 1.98. The van der Waals surface area contributed by atoms with Crippen molar-refractivity contribution in [2.75, 3.05) is 0 Å². The largest absolute Gasteiger partial charge is 1.00 e. The molecule has 1 aromatic carbocycles. The summed E-state index contributed by atoms with van der Waals surface area (Å²) >= 11 is 0.445. The summed E-state index contributed by atoms with van der Waals surface area (Å²) in [6.45, 7) is 0. The second-order valence-electron chi connectivity index (χ2n) is 1.79. The fourth-order valence-corrected chi connectivity index (χ4v) is 1.04. The Morgan fingerprint density at radius 3 is 2.30 bits per heavy atom. The van der Waals surface area contributed by atoms with E-state index in [1.54, 1.807) is 0 Å². The van der Waals surface area contributed by atoms with Gasteiger partial charge in [-0.05, 0) is 0 Å². The van der Waals surface area contributed by atoms with E-state index in [0.717, 1.165) is 5.75 Å². The molecule has 1 aromatic rings. The lowest BCUT2D eigenvalue weighted by Crippen LogP contribution is -3.00. The molecule has 3 heteroatoms. The van der Waals surface area contributed by atoms with Crippen LogP contribution in [0.15, 0.2) is 30.3 Å². The average molecular weight is 177 g/mol. The molecule has 1 rings (SSSR count). The summed E-state index contributed by atoms with van der Waals surface area (Å²) in [6, 6.07) is 9.92. The number of benzene rings is 1. The zero-order valence-electron chi connectivity index (χ0n) is 5.37. The maximum absolute atomic E-state index is 8.49. The molecule has 0 atom stereocenters. The Labute approximate surface area is 71.1 Å². The summed E-state index contributed by atoms with van der Waals surface area (Å²) in [5, 5.41) is 0. The SMILES string of the molecule is O[SH+]Cc1ccccc1.[Cl-]. The van der Waals surface area contributed by atoms with E-state index in [1.807, 2.05) is 30.3 Å². The van der Waals surface area contributed by atoms with E-state index in [0.29, 0.717) is 12.0 Å². The Hall–Kier alpha value is -0.180. The Kier molecular flexibility index (Phi) is 5.49. The molecule has 0 aliphatic rings. The molecule has 0 radical (unpaired) electrons. The normalized spacial score (nSPS) is 8.50. The minimum Gasteiger partial charge on any atom is -1.00 e. The van der Waals surface area contributed by atoms with Crippen LogP contribution in [0, 0.1) is 0 Å². The lowest BCUT2D eigenvalue weighted by atomic mass is 10.2. The number of hydrogen-bond acceptors (Lipinski definition) is 1. The first-order chi connectivity index (χ1) is 4.43. The van der Waals surface area contributed by atoms with Crippen LogP contribution in [0.25, 0.3) is 0 Å². The van der Waals surface area contributed by atoms with Gasteiger partial charge in [-0.1, -0.05) is 30.3 Å². The summed E-state index contributed by atoms with van der Waals surface area (Å²) in [6.07, 6.45) is 0. The van der Waals surface area contributed by atoms with Crippen molar-refractivity contribution in [3.8, 4) is 0 Å². The lowest BCUT2D eigenvalue weighted by molar-refractivity contribution is -0.00000277. The number of hydrogen-bond donors (Lipinski definition) is 1. The van der Waals surface area contributed by atoms with Crippen molar-refractivity contribution in [2.24, 2.45) is 0 Å². The first-order valence-electron chi connectivity index (χ1n) is 2.78. The van der Waals surface area contributed by atoms with Crippen molar-refractivity contribution in [2.45, 2.75) is 5.75 Å². The Morgan fingerprint density at radius 1 is 1.20 bits per heavy atom. The molecule has 0 spiro atoms. The van der Waals surface area contributed by atoms with Crippen LogP contribution in [0.2, 0.25) is 0 Å². The van der Waals surface area contributed by atoms with Crippen LogP contribution in [0.3, 0.4) is 0 Å². The summed E-state index contributed by atoms with van der Waals surface area (Å²) in [4.78, 5) is 0. The number of halogens is 1. The molecule has 0 aromatic heterocycles. The molecule has 1 nitrogen and oxygen atoms in total. The molecule has 10 heavy (non-hydrogen) atoms. The maximum Gasteiger partial charge on any atom is 0.163 e. The summed E-state index contributed by atoms with van der Waals surface area (Å²) in [5.74, 6) is 0.737. The van der Waals surface area contributed by atoms with E-state index in [4.69, 9.17) is 4.55 Å². The fourth-order valence-electron chi connectivity index (χ4n) is 0.665. The van der Waals surface area contributed by atoms with Crippen molar-refractivity contribution in [1.82, 2.24) is 0 Å². The zero-order chi connectivity index (χ0) is 6.53. The second kappa shape index (κ2) is 5.59. The van der Waals surface area contributed by atoms with E-state index in [1.165, 1.54) is 5.56 Å². The third kappa shape index (κ3) is 3.11. The van der Waals surface area contributed by atoms with Gasteiger partial charge in [0.05, 0.1) is 0 Å². The van der Waals surface area contributed by atoms with Crippen LogP contribution >= 0.6 is 0 Å². The van der Waals surface area contributed by atoms with Crippen LogP contribution < -0.4 is 12.4 Å². The summed E-state index contributed by atoms with van der Waals surface area (Å²) in [7, 11) is 0. The number of thiol groups is 1. The molecule has 0 unspecified atom stereocenters. The Morgan fingerprint density at radius 2 is 1.80 bits per heavy atom. The molecule has 0 aliphatic carbocycles. The monoisotopic (exact) mass is 176 g/mol. The first-order valence-corrected chi connectivity index (χ1v) is 3.81. The molecule has 1 N–H and O–H groups in total. The van der Waals surface area contributed by atoms with Gasteiger partial charge in [0, 0.05) is 5.56 Å². The molecule has 0 saturated carbocycles. The van der Waals surface area contributed by atoms with Crippen molar-refractivity contribution in [3.05, 3.63) is 35.9 Å². The maximum atomic E-state index is 8.49. The lowest BCUT2D eigenvalue weighted by Gasteiger charge is -1.87. The van der Waals surface area contributed by atoms with Crippen molar-refractivity contribution in [3.63, 3.8) is 0 Å². The predicted molar refractivity (Wildman–Crippen MR) is 41.5 cm³/mol. The van der Waals surface area contributed by atoms with Crippen LogP contribution in [0.4, 0.5) is 0 Å². The predicted octanol–water partition coefficient (Wildman–Crippen LogP) is -1.52. The van der Waals surface area contributed by atoms with Gasteiger partial charge in [0.1, 0.15) is 12.0 Å². The van der Waals surface area contributed by atoms with Crippen molar-refractivity contribution in [1.29, 1.82) is 0 Å². The van der Waals surface area contributed by atoms with Gasteiger partial charge in [0.25, 0.3) is 0 Å². The highest BCUT2D eigenvalue weighted by atomic mass is 35.5. The quantitative estimate of drug-likeness (QED) is 0.429. The van der Waals surface area contributed by atoms with Crippen LogP contribution in [-0.4, -0.2) is 4.55 Å². The molecule has 0 heterocycles. The van der Waals surface area contributed by atoms with E-state index in [9.17, 15) is 0 Å². The van der Waals surface area contributed by atoms with Crippen molar-refractivity contribution >= 4 is 12.0 Å². The fraction of sp³-hybridized carbons (Fsp3) is 0.143. The molecular weight excluding hydrogens is 168 g/mol. The first kappa shape index (κ1) is 9.82. The third-order valence-corrected chi connectivity index (χ3v) is 1.60. The van der Waals surface area contributed by atoms with Gasteiger partial charge < -0.3 is 12.4 Å². The van der Waals surface area contributed by atoms with Gasteiger partial charge in [-0.2, -0.15) is 4.55 Å². The Balaban J connectivity index is 0.000000810. The van der Waals surface area contributed by atoms with Crippen LogP contribution in [0.5, 0.6) is 0 Å². The standard InChI is InChI=1S/C7H8OS.ClH/c8-9-6-7-4-2-1-3-5-7;/h1-5,8H,6H2;1H. The van der Waals surface area contributed by atoms with Gasteiger partial charge >= 0.3 is 0 Å². The van der Waals surface area contributed by atoms with Crippen LogP contribution in [-0.2, 0) is 17.8 Å². The van der Waals surface area contributed by atoms with E-state index >= 15 is 0 Å². The van der Waals surface area contributed by atoms with Crippen molar-refractivity contribution < 1.29 is 17.0 Å². The van der Waals surface area contributed by atoms with E-state index in [-0.39, 0.29) is 12.4 Å². The van der Waals surface area contributed by atoms with Gasteiger partial charge in [-0.15, -0.1) is 0 Å². The molecule has 56 valence electrons. The van der Waals surface area contributed by atoms with Crippen LogP contribution in [0.1, 0.15) is 5.56 Å². The topological polar surface area (TPSA) is 20.2 Å². The molecule has 0 saturated heterocycles. The van der Waals surface area contributed by atoms with Gasteiger partial charge in [0.15, 0.2) is 5.75 Å². The minimum absolute atomic E-state index is 0. The molecular formula is C7H9ClOS. The third-order valence-electron chi connectivity index (χ3n) is 1.10. The second-order valence-corrected chi connectivity index (χ2v) is 2.38. The smallest absolute Gasteiger partial charge is 0.163 e. The molecule has 0 bridgehead atoms. The van der Waals surface area contributed by atoms with Gasteiger partial charge in [0.2, 0.25) is 0 Å². The van der Waals surface area contributed by atoms with E-state index < -0.39 is 0 Å². The Bertz CT molecular complexity index is 167. The zero-order valence-corrected chi connectivity index (χ0v) is 7.02. The van der Waals surface area contributed by atoms with Gasteiger partial charge in [-0.25, -0.2) is 0 Å². The van der Waals surface area contributed by atoms with Gasteiger partial charge in [-0.3, -0.25) is 0 Å². The molecule has 0 amide bonds. The highest BCUT2D eigenvalue weighted by molar-refractivity contribution is 7.71. The molecule has 0 aliphatic heterocycles. The highest BCUT2D eigenvalue weighted by Gasteiger charge is 1.92. The average Bonchev–Trinajstić information content (AvgIpc) is 1.91. The summed E-state index contributed by atoms with van der Waals surface area (Å²) in [5.41, 5.74) is 1.18. The number of rotatable bonds is 2. The minimum atomic E-state index is 0. The van der Waals surface area contributed by atoms with E-state index in [2.05, 4.69) is 0 Å².